The van der Waals surface area contributed by atoms with Crippen LogP contribution in [0, 0.1) is 0 Å². The first kappa shape index (κ1) is 25.5. The number of carbonyl (C=O) groups is 2. The third kappa shape index (κ3) is 9.58. The Balaban J connectivity index is 1.60. The Kier molecular flexibility index (Phi) is 12.0. The molecule has 2 amide bonds. The van der Waals surface area contributed by atoms with E-state index in [9.17, 15) is 9.59 Å². The normalized spacial score (nSPS) is 10.7. The summed E-state index contributed by atoms with van der Waals surface area (Å²) in [6, 6.07) is 7.58. The van der Waals surface area contributed by atoms with Gasteiger partial charge in [-0.25, -0.2) is 9.13 Å². The van der Waals surface area contributed by atoms with Crippen molar-refractivity contribution in [1.82, 2.24) is 10.6 Å². The average Bonchev–Trinajstić information content (AvgIpc) is 2.82. The van der Waals surface area contributed by atoms with E-state index in [2.05, 4.69) is 33.6 Å². The molecule has 0 atom stereocenters. The molecule has 0 aliphatic carbocycles. The van der Waals surface area contributed by atoms with Gasteiger partial charge in [0.25, 0.3) is 11.8 Å². The topological polar surface area (TPSA) is 66.0 Å². The second-order valence-electron chi connectivity index (χ2n) is 8.28. The molecule has 2 N–H and O–H groups in total. The standard InChI is InChI=1S/C26H38N4O2/c1-3-5-15-27-25(31)23-11-19-29(20-12-23)17-9-7-8-10-18-30-21-13-24(14-22-30)26(32)28-16-6-4-2/h11-14,19-22H,3-10,15-18H2,1-2H3/p+2. The van der Waals surface area contributed by atoms with Crippen LogP contribution in [0.25, 0.3) is 0 Å². The first-order valence-corrected chi connectivity index (χ1v) is 12.2. The number of nitrogens with one attached hydrogen (secondary N) is 2. The Morgan fingerprint density at radius 2 is 1.00 bits per heavy atom. The molecule has 174 valence electrons. The summed E-state index contributed by atoms with van der Waals surface area (Å²) in [5.74, 6) is 0.0153. The molecule has 0 radical (unpaired) electrons. The Bertz CT molecular complexity index is 734. The zero-order chi connectivity index (χ0) is 23.0. The molecule has 6 nitrogen and oxygen atoms in total. The summed E-state index contributed by atoms with van der Waals surface area (Å²) >= 11 is 0. The molecule has 0 unspecified atom stereocenters. The van der Waals surface area contributed by atoms with E-state index in [0.29, 0.717) is 0 Å². The van der Waals surface area contributed by atoms with Crippen LogP contribution in [0.15, 0.2) is 49.1 Å². The SMILES string of the molecule is CCCCNC(=O)c1cc[n+](CCCCCC[n+]2ccc(C(=O)NCCCC)cc2)cc1. The lowest BCUT2D eigenvalue weighted by Gasteiger charge is -2.04. The van der Waals surface area contributed by atoms with Crippen molar-refractivity contribution >= 4 is 11.8 Å². The number of pyridine rings is 2. The fraction of sp³-hybridized carbons (Fsp3) is 0.538. The number of carbonyl (C=O) groups excluding carboxylic acids is 2. The van der Waals surface area contributed by atoms with Gasteiger partial charge in [0.15, 0.2) is 24.8 Å². The third-order valence-electron chi connectivity index (χ3n) is 5.52. The van der Waals surface area contributed by atoms with Crippen LogP contribution >= 0.6 is 0 Å². The fourth-order valence-electron chi connectivity index (χ4n) is 3.42. The summed E-state index contributed by atoms with van der Waals surface area (Å²) in [5, 5.41) is 5.90. The maximum Gasteiger partial charge on any atom is 0.251 e. The number of aryl methyl sites for hydroxylation is 2. The number of nitrogens with zero attached hydrogens (tertiary/aromatic N) is 2. The summed E-state index contributed by atoms with van der Waals surface area (Å²) in [5.41, 5.74) is 1.44. The van der Waals surface area contributed by atoms with E-state index in [1.54, 1.807) is 0 Å². The highest BCUT2D eigenvalue weighted by Gasteiger charge is 2.09. The van der Waals surface area contributed by atoms with Crippen LogP contribution in [0.3, 0.4) is 0 Å². The van der Waals surface area contributed by atoms with Crippen LogP contribution in [-0.4, -0.2) is 24.9 Å². The summed E-state index contributed by atoms with van der Waals surface area (Å²) < 4.78 is 4.28. The molecular weight excluding hydrogens is 400 g/mol. The predicted octanol–water partition coefficient (Wildman–Crippen LogP) is 3.58. The van der Waals surface area contributed by atoms with Crippen molar-refractivity contribution in [3.8, 4) is 0 Å². The minimum Gasteiger partial charge on any atom is -0.352 e. The Morgan fingerprint density at radius 1 is 0.625 bits per heavy atom. The highest BCUT2D eigenvalue weighted by atomic mass is 16.2. The van der Waals surface area contributed by atoms with Crippen LogP contribution in [0.5, 0.6) is 0 Å². The molecule has 32 heavy (non-hydrogen) atoms. The lowest BCUT2D eigenvalue weighted by Crippen LogP contribution is -2.34. The first-order chi connectivity index (χ1) is 15.6. The minimum atomic E-state index is 0.00764. The number of hydrogen-bond donors (Lipinski definition) is 2. The molecule has 0 aliphatic heterocycles. The van der Waals surface area contributed by atoms with E-state index in [4.69, 9.17) is 0 Å². The smallest absolute Gasteiger partial charge is 0.251 e. The van der Waals surface area contributed by atoms with Crippen LogP contribution in [0.1, 0.15) is 85.9 Å². The van der Waals surface area contributed by atoms with Gasteiger partial charge in [0.05, 0.1) is 11.1 Å². The van der Waals surface area contributed by atoms with Gasteiger partial charge in [0.2, 0.25) is 0 Å². The third-order valence-corrected chi connectivity index (χ3v) is 5.52. The number of unbranched alkanes of at least 4 members (excludes halogenated alkanes) is 5. The molecular formula is C26H40N4O2+2. The molecule has 0 saturated heterocycles. The molecule has 0 bridgehead atoms. The second-order valence-corrected chi connectivity index (χ2v) is 8.28. The quantitative estimate of drug-likeness (QED) is 0.328. The highest BCUT2D eigenvalue weighted by molar-refractivity contribution is 5.94. The van der Waals surface area contributed by atoms with Gasteiger partial charge >= 0.3 is 0 Å². The van der Waals surface area contributed by atoms with Crippen molar-refractivity contribution in [3.63, 3.8) is 0 Å². The van der Waals surface area contributed by atoms with Gasteiger partial charge in [-0.3, -0.25) is 9.59 Å². The van der Waals surface area contributed by atoms with Crippen LogP contribution in [-0.2, 0) is 13.1 Å². The first-order valence-electron chi connectivity index (χ1n) is 12.2. The maximum atomic E-state index is 12.0. The molecule has 0 spiro atoms. The van der Waals surface area contributed by atoms with Gasteiger partial charge < -0.3 is 10.6 Å². The molecule has 2 aromatic heterocycles. The molecule has 2 aromatic rings. The van der Waals surface area contributed by atoms with Crippen LogP contribution < -0.4 is 19.8 Å². The molecule has 0 saturated carbocycles. The van der Waals surface area contributed by atoms with Crippen molar-refractivity contribution in [1.29, 1.82) is 0 Å². The van der Waals surface area contributed by atoms with E-state index in [0.717, 1.165) is 75.8 Å². The average molecular weight is 441 g/mol. The van der Waals surface area contributed by atoms with Crippen molar-refractivity contribution < 1.29 is 18.7 Å². The Hall–Kier alpha value is -2.76. The molecule has 6 heteroatoms. The maximum absolute atomic E-state index is 12.0. The van der Waals surface area contributed by atoms with E-state index < -0.39 is 0 Å². The predicted molar refractivity (Wildman–Crippen MR) is 126 cm³/mol. The lowest BCUT2D eigenvalue weighted by atomic mass is 10.2. The van der Waals surface area contributed by atoms with Crippen molar-refractivity contribution in [3.05, 3.63) is 60.2 Å². The summed E-state index contributed by atoms with van der Waals surface area (Å²) in [4.78, 5) is 24.1. The van der Waals surface area contributed by atoms with Crippen molar-refractivity contribution in [2.75, 3.05) is 13.1 Å². The second kappa shape index (κ2) is 15.1. The molecule has 2 rings (SSSR count). The fourth-order valence-corrected chi connectivity index (χ4v) is 3.42. The number of rotatable bonds is 15. The van der Waals surface area contributed by atoms with Crippen molar-refractivity contribution in [2.24, 2.45) is 0 Å². The molecule has 2 heterocycles. The van der Waals surface area contributed by atoms with E-state index in [-0.39, 0.29) is 11.8 Å². The van der Waals surface area contributed by atoms with Gasteiger partial charge in [0.1, 0.15) is 13.1 Å². The van der Waals surface area contributed by atoms with E-state index in [1.165, 1.54) is 12.8 Å². The van der Waals surface area contributed by atoms with Gasteiger partial charge in [-0.05, 0) is 25.7 Å². The van der Waals surface area contributed by atoms with Crippen LogP contribution in [0.4, 0.5) is 0 Å². The largest absolute Gasteiger partial charge is 0.352 e. The molecule has 0 aliphatic rings. The number of aromatic nitrogens is 2. The zero-order valence-corrected chi connectivity index (χ0v) is 19.8. The summed E-state index contributed by atoms with van der Waals surface area (Å²) in [7, 11) is 0. The minimum absolute atomic E-state index is 0.00764. The van der Waals surface area contributed by atoms with Crippen LogP contribution in [0.2, 0.25) is 0 Å². The van der Waals surface area contributed by atoms with Gasteiger partial charge in [0, 0.05) is 50.2 Å². The number of hydrogen-bond acceptors (Lipinski definition) is 2. The van der Waals surface area contributed by atoms with E-state index in [1.807, 2.05) is 49.1 Å². The van der Waals surface area contributed by atoms with Crippen molar-refractivity contribution in [2.45, 2.75) is 78.3 Å². The molecule has 0 fully saturated rings. The van der Waals surface area contributed by atoms with Gasteiger partial charge in [-0.1, -0.05) is 26.7 Å². The highest BCUT2D eigenvalue weighted by Crippen LogP contribution is 2.02. The molecule has 0 aromatic carbocycles. The zero-order valence-electron chi connectivity index (χ0n) is 19.8. The van der Waals surface area contributed by atoms with Gasteiger partial charge in [-0.15, -0.1) is 0 Å². The number of amides is 2. The summed E-state index contributed by atoms with van der Waals surface area (Å²) in [6.07, 6.45) is 16.7. The van der Waals surface area contributed by atoms with E-state index >= 15 is 0 Å². The van der Waals surface area contributed by atoms with Gasteiger partial charge in [-0.2, -0.15) is 0 Å². The Morgan fingerprint density at radius 3 is 1.34 bits per heavy atom. The Labute approximate surface area is 193 Å². The monoisotopic (exact) mass is 440 g/mol. The summed E-state index contributed by atoms with van der Waals surface area (Å²) in [6.45, 7) is 7.64. The lowest BCUT2D eigenvalue weighted by molar-refractivity contribution is -0.698.